The summed E-state index contributed by atoms with van der Waals surface area (Å²) in [4.78, 5) is 0. The minimum Gasteiger partial charge on any atom is -0.412 e. The molecule has 0 bridgehead atoms. The van der Waals surface area contributed by atoms with Crippen molar-refractivity contribution in [2.45, 2.75) is 6.92 Å². The summed E-state index contributed by atoms with van der Waals surface area (Å²) < 4.78 is 6.85. The zero-order valence-electron chi connectivity index (χ0n) is 7.29. The summed E-state index contributed by atoms with van der Waals surface area (Å²) in [5.74, 6) is 0.546. The van der Waals surface area contributed by atoms with Crippen molar-refractivity contribution in [3.8, 4) is 11.5 Å². The number of benzene rings is 1. The normalized spacial score (nSPS) is 10.5. The Morgan fingerprint density at radius 3 is 2.79 bits per heavy atom. The molecule has 1 aromatic heterocycles. The second kappa shape index (κ2) is 3.98. The third-order valence-electron chi connectivity index (χ3n) is 1.75. The third-order valence-corrected chi connectivity index (χ3v) is 2.88. The maximum atomic E-state index is 5.34. The molecule has 14 heavy (non-hydrogen) atoms. The van der Waals surface area contributed by atoms with E-state index >= 15 is 0 Å². The van der Waals surface area contributed by atoms with Gasteiger partial charge in [0.15, 0.2) is 0 Å². The highest BCUT2D eigenvalue weighted by atomic mass is 127. The van der Waals surface area contributed by atoms with Gasteiger partial charge >= 0.3 is 0 Å². The predicted molar refractivity (Wildman–Crippen MR) is 64.9 cm³/mol. The van der Waals surface area contributed by atoms with Crippen LogP contribution >= 0.6 is 38.5 Å². The molecule has 0 amide bonds. The zero-order valence-corrected chi connectivity index (χ0v) is 11.0. The average Bonchev–Trinajstić information content (AvgIpc) is 2.56. The Morgan fingerprint density at radius 1 is 1.36 bits per heavy atom. The molecule has 0 atom stereocenters. The Bertz CT molecular complexity index is 470. The molecule has 0 fully saturated rings. The van der Waals surface area contributed by atoms with Crippen molar-refractivity contribution in [2.24, 2.45) is 0 Å². The van der Waals surface area contributed by atoms with Gasteiger partial charge in [-0.3, -0.25) is 0 Å². The van der Waals surface area contributed by atoms with Gasteiger partial charge in [-0.05, 0) is 35.0 Å². The molecule has 0 aliphatic carbocycles. The van der Waals surface area contributed by atoms with Crippen LogP contribution in [0.1, 0.15) is 5.56 Å². The Morgan fingerprint density at radius 2 is 2.14 bits per heavy atom. The first-order valence-electron chi connectivity index (χ1n) is 3.92. The molecular formula is C9H6BrIN2O. The lowest BCUT2D eigenvalue weighted by atomic mass is 10.1. The molecule has 0 aliphatic rings. The van der Waals surface area contributed by atoms with Crippen LogP contribution in [0.25, 0.3) is 11.5 Å². The van der Waals surface area contributed by atoms with Gasteiger partial charge in [0.1, 0.15) is 0 Å². The molecule has 0 aliphatic heterocycles. The van der Waals surface area contributed by atoms with Crippen LogP contribution in [0.5, 0.6) is 0 Å². The van der Waals surface area contributed by atoms with Crippen LogP contribution in [0.2, 0.25) is 0 Å². The Balaban J connectivity index is 2.55. The molecule has 2 rings (SSSR count). The van der Waals surface area contributed by atoms with Gasteiger partial charge in [-0.15, -0.1) is 10.2 Å². The fourth-order valence-corrected chi connectivity index (χ4v) is 1.85. The van der Waals surface area contributed by atoms with E-state index in [0.29, 0.717) is 9.79 Å². The van der Waals surface area contributed by atoms with E-state index < -0.39 is 0 Å². The highest BCUT2D eigenvalue weighted by molar-refractivity contribution is 14.1. The highest BCUT2D eigenvalue weighted by Crippen LogP contribution is 2.28. The van der Waals surface area contributed by atoms with Gasteiger partial charge in [-0.1, -0.05) is 11.6 Å². The minimum absolute atomic E-state index is 0.546. The summed E-state index contributed by atoms with van der Waals surface area (Å²) in [5.41, 5.74) is 2.09. The molecule has 0 saturated heterocycles. The van der Waals surface area contributed by atoms with Crippen molar-refractivity contribution >= 4 is 38.5 Å². The second-order valence-corrected chi connectivity index (χ2v) is 4.62. The molecule has 0 unspecified atom stereocenters. The molecule has 72 valence electrons. The summed E-state index contributed by atoms with van der Waals surface area (Å²) in [6.45, 7) is 2.03. The average molecular weight is 365 g/mol. The minimum atomic E-state index is 0.546. The Hall–Kier alpha value is -0.430. The van der Waals surface area contributed by atoms with Crippen LogP contribution in [0, 0.1) is 10.8 Å². The van der Waals surface area contributed by atoms with E-state index in [0.717, 1.165) is 15.6 Å². The number of aryl methyl sites for hydroxylation is 1. The van der Waals surface area contributed by atoms with Crippen LogP contribution in [0.4, 0.5) is 0 Å². The van der Waals surface area contributed by atoms with Gasteiger partial charge in [-0.25, -0.2) is 0 Å². The highest BCUT2D eigenvalue weighted by Gasteiger charge is 2.10. The third kappa shape index (κ3) is 1.98. The lowest BCUT2D eigenvalue weighted by Gasteiger charge is -1.99. The summed E-state index contributed by atoms with van der Waals surface area (Å²) >= 11 is 5.44. The topological polar surface area (TPSA) is 38.9 Å². The summed E-state index contributed by atoms with van der Waals surface area (Å²) in [6, 6.07) is 6.00. The van der Waals surface area contributed by atoms with Crippen LogP contribution < -0.4 is 0 Å². The van der Waals surface area contributed by atoms with E-state index in [4.69, 9.17) is 4.42 Å². The van der Waals surface area contributed by atoms with Crippen LogP contribution in [-0.4, -0.2) is 10.2 Å². The molecule has 0 spiro atoms. The maximum absolute atomic E-state index is 5.34. The van der Waals surface area contributed by atoms with Gasteiger partial charge in [-0.2, -0.15) is 0 Å². The van der Waals surface area contributed by atoms with E-state index in [2.05, 4.69) is 26.1 Å². The second-order valence-electron chi connectivity index (χ2n) is 2.84. The zero-order chi connectivity index (χ0) is 10.1. The van der Waals surface area contributed by atoms with E-state index in [1.165, 1.54) is 0 Å². The van der Waals surface area contributed by atoms with Gasteiger partial charge in [0.2, 0.25) is 5.89 Å². The Labute approximate surface area is 103 Å². The van der Waals surface area contributed by atoms with Crippen molar-refractivity contribution in [3.63, 3.8) is 0 Å². The van der Waals surface area contributed by atoms with E-state index in [9.17, 15) is 0 Å². The van der Waals surface area contributed by atoms with Crippen molar-refractivity contribution in [1.82, 2.24) is 10.2 Å². The van der Waals surface area contributed by atoms with Crippen molar-refractivity contribution < 1.29 is 4.42 Å². The first kappa shape index (κ1) is 10.1. The Kier molecular flexibility index (Phi) is 2.87. The first-order chi connectivity index (χ1) is 6.66. The van der Waals surface area contributed by atoms with Crippen LogP contribution in [-0.2, 0) is 0 Å². The van der Waals surface area contributed by atoms with Gasteiger partial charge in [0.05, 0.1) is 5.56 Å². The van der Waals surface area contributed by atoms with Gasteiger partial charge in [0, 0.05) is 27.1 Å². The fourth-order valence-electron chi connectivity index (χ4n) is 1.12. The number of hydrogen-bond acceptors (Lipinski definition) is 3. The molecule has 0 N–H and O–H groups in total. The van der Waals surface area contributed by atoms with Gasteiger partial charge in [0.25, 0.3) is 3.90 Å². The molecule has 1 aromatic carbocycles. The van der Waals surface area contributed by atoms with Crippen LogP contribution in [0.3, 0.4) is 0 Å². The van der Waals surface area contributed by atoms with Crippen molar-refractivity contribution in [1.29, 1.82) is 0 Å². The standard InChI is InChI=1S/C9H6BrIN2O/c1-5-2-3-7(10)6(4-5)8-12-13-9(11)14-8/h2-4H,1H3. The van der Waals surface area contributed by atoms with Crippen molar-refractivity contribution in [3.05, 3.63) is 32.1 Å². The smallest absolute Gasteiger partial charge is 0.278 e. The molecule has 1 heterocycles. The summed E-state index contributed by atoms with van der Waals surface area (Å²) in [6.07, 6.45) is 0. The lowest BCUT2D eigenvalue weighted by molar-refractivity contribution is 0.536. The summed E-state index contributed by atoms with van der Waals surface area (Å²) in [7, 11) is 0. The van der Waals surface area contributed by atoms with Gasteiger partial charge < -0.3 is 4.42 Å². The predicted octanol–water partition coefficient (Wildman–Crippen LogP) is 3.41. The maximum Gasteiger partial charge on any atom is 0.278 e. The molecule has 0 saturated carbocycles. The van der Waals surface area contributed by atoms with Crippen molar-refractivity contribution in [2.75, 3.05) is 0 Å². The van der Waals surface area contributed by atoms with E-state index in [1.807, 2.05) is 47.7 Å². The number of nitrogens with zero attached hydrogens (tertiary/aromatic N) is 2. The van der Waals surface area contributed by atoms with E-state index in [-0.39, 0.29) is 0 Å². The number of halogens is 2. The number of aromatic nitrogens is 2. The quantitative estimate of drug-likeness (QED) is 0.728. The fraction of sp³-hybridized carbons (Fsp3) is 0.111. The van der Waals surface area contributed by atoms with E-state index in [1.54, 1.807) is 0 Å². The summed E-state index contributed by atoms with van der Waals surface area (Å²) in [5, 5.41) is 7.75. The largest absolute Gasteiger partial charge is 0.412 e. The number of hydrogen-bond donors (Lipinski definition) is 0. The van der Waals surface area contributed by atoms with Crippen LogP contribution in [0.15, 0.2) is 27.1 Å². The molecule has 5 heteroatoms. The lowest BCUT2D eigenvalue weighted by Crippen LogP contribution is -1.81. The monoisotopic (exact) mass is 364 g/mol. The first-order valence-corrected chi connectivity index (χ1v) is 5.79. The SMILES string of the molecule is Cc1ccc(Br)c(-c2nnc(I)o2)c1. The molecular weight excluding hydrogens is 359 g/mol. The molecule has 0 radical (unpaired) electrons. The molecule has 2 aromatic rings. The number of rotatable bonds is 1. The molecule has 3 nitrogen and oxygen atoms in total.